The Labute approximate surface area is 152 Å². The Balaban J connectivity index is 1.62. The van der Waals surface area contributed by atoms with E-state index in [4.69, 9.17) is 4.74 Å². The molecule has 0 aliphatic heterocycles. The molecule has 1 amide bonds. The number of nitrogens with one attached hydrogen (secondary N) is 1. The molecule has 0 fully saturated rings. The number of thiophene rings is 1. The first-order chi connectivity index (χ1) is 12.6. The van der Waals surface area contributed by atoms with Crippen molar-refractivity contribution < 1.29 is 9.53 Å². The summed E-state index contributed by atoms with van der Waals surface area (Å²) in [5.74, 6) is 1.04. The minimum absolute atomic E-state index is 0.152. The average Bonchev–Trinajstić information content (AvgIpc) is 3.21. The second-order valence-electron chi connectivity index (χ2n) is 5.82. The summed E-state index contributed by atoms with van der Waals surface area (Å²) in [5, 5.41) is 9.04. The van der Waals surface area contributed by atoms with Gasteiger partial charge < -0.3 is 10.1 Å². The van der Waals surface area contributed by atoms with Crippen molar-refractivity contribution in [3.05, 3.63) is 58.0 Å². The summed E-state index contributed by atoms with van der Waals surface area (Å²) in [7, 11) is 1.58. The van der Waals surface area contributed by atoms with Gasteiger partial charge in [-0.2, -0.15) is 5.10 Å². The number of hydrogen-bond donors (Lipinski definition) is 1. The van der Waals surface area contributed by atoms with Gasteiger partial charge in [0.2, 0.25) is 5.91 Å². The molecule has 26 heavy (non-hydrogen) atoms. The van der Waals surface area contributed by atoms with Crippen LogP contribution in [0.4, 0.5) is 5.69 Å². The molecule has 0 bridgehead atoms. The Kier molecular flexibility index (Phi) is 3.96. The molecule has 3 heterocycles. The van der Waals surface area contributed by atoms with E-state index in [1.165, 1.54) is 4.68 Å². The van der Waals surface area contributed by atoms with Crippen LogP contribution in [0, 0.1) is 6.92 Å². The minimum atomic E-state index is -0.318. The third-order valence-corrected chi connectivity index (χ3v) is 4.99. The zero-order chi connectivity index (χ0) is 18.3. The normalized spacial score (nSPS) is 11.2. The number of methoxy groups -OCH3 is 1. The van der Waals surface area contributed by atoms with Gasteiger partial charge in [-0.3, -0.25) is 14.0 Å². The Hall–Kier alpha value is -3.13. The number of amides is 1. The highest BCUT2D eigenvalue weighted by molar-refractivity contribution is 7.17. The third kappa shape index (κ3) is 2.74. The number of ether oxygens (including phenoxy) is 1. The fourth-order valence-corrected chi connectivity index (χ4v) is 3.75. The maximum absolute atomic E-state index is 12.7. The molecule has 0 aliphatic rings. The minimum Gasteiger partial charge on any atom is -0.497 e. The van der Waals surface area contributed by atoms with Gasteiger partial charge in [-0.1, -0.05) is 0 Å². The molecule has 0 aliphatic carbocycles. The lowest BCUT2D eigenvalue weighted by molar-refractivity contribution is -0.117. The quantitative estimate of drug-likeness (QED) is 0.601. The molecule has 0 atom stereocenters. The number of benzene rings is 1. The van der Waals surface area contributed by atoms with Crippen molar-refractivity contribution in [3.8, 4) is 5.75 Å². The molecule has 1 N–H and O–H groups in total. The summed E-state index contributed by atoms with van der Waals surface area (Å²) in [6.45, 7) is 1.67. The predicted molar refractivity (Wildman–Crippen MR) is 101 cm³/mol. The molecule has 0 radical (unpaired) electrons. The predicted octanol–water partition coefficient (Wildman–Crippen LogP) is 2.67. The molecule has 3 aromatic heterocycles. The number of nitrogens with zero attached hydrogens (tertiary/aromatic N) is 3. The highest BCUT2D eigenvalue weighted by atomic mass is 32.1. The van der Waals surface area contributed by atoms with Crippen LogP contribution in [0.25, 0.3) is 15.7 Å². The van der Waals surface area contributed by atoms with Crippen molar-refractivity contribution >= 4 is 38.7 Å². The van der Waals surface area contributed by atoms with E-state index in [1.54, 1.807) is 42.7 Å². The fraction of sp³-hybridized carbons (Fsp3) is 0.167. The van der Waals surface area contributed by atoms with Crippen molar-refractivity contribution in [1.29, 1.82) is 0 Å². The average molecular weight is 368 g/mol. The van der Waals surface area contributed by atoms with E-state index in [2.05, 4.69) is 10.4 Å². The number of rotatable bonds is 4. The van der Waals surface area contributed by atoms with Crippen LogP contribution in [0.15, 0.2) is 46.6 Å². The van der Waals surface area contributed by atoms with Gasteiger partial charge in [-0.15, -0.1) is 11.3 Å². The topological polar surface area (TPSA) is 77.6 Å². The number of aromatic nitrogens is 3. The van der Waals surface area contributed by atoms with Crippen LogP contribution in [0.2, 0.25) is 0 Å². The standard InChI is InChI=1S/C18H16N4O3S/c1-11-20-21(10-17(23)19-12-3-5-13(25-2)6-4-12)18(24)15-9-16-14(22(11)15)7-8-26-16/h3-9H,10H2,1-2H3,(H,19,23). The first-order valence-corrected chi connectivity index (χ1v) is 8.85. The molecule has 7 nitrogen and oxygen atoms in total. The molecule has 0 saturated heterocycles. The van der Waals surface area contributed by atoms with Crippen molar-refractivity contribution in [3.63, 3.8) is 0 Å². The van der Waals surface area contributed by atoms with E-state index in [9.17, 15) is 9.59 Å². The molecule has 132 valence electrons. The van der Waals surface area contributed by atoms with E-state index in [-0.39, 0.29) is 18.0 Å². The second-order valence-corrected chi connectivity index (χ2v) is 6.77. The maximum atomic E-state index is 12.7. The summed E-state index contributed by atoms with van der Waals surface area (Å²) in [6, 6.07) is 10.8. The van der Waals surface area contributed by atoms with Crippen LogP contribution in [0.3, 0.4) is 0 Å². The number of carbonyl (C=O) groups excluding carboxylic acids is 1. The Bertz CT molecular complexity index is 1170. The van der Waals surface area contributed by atoms with Gasteiger partial charge in [0.25, 0.3) is 5.56 Å². The van der Waals surface area contributed by atoms with Gasteiger partial charge in [0.15, 0.2) is 0 Å². The first-order valence-electron chi connectivity index (χ1n) is 7.97. The van der Waals surface area contributed by atoms with E-state index in [1.807, 2.05) is 28.8 Å². The lowest BCUT2D eigenvalue weighted by atomic mass is 10.3. The second kappa shape index (κ2) is 6.30. The van der Waals surface area contributed by atoms with Gasteiger partial charge >= 0.3 is 0 Å². The SMILES string of the molecule is COc1ccc(NC(=O)Cn2nc(C)n3c(cc4sccc43)c2=O)cc1. The van der Waals surface area contributed by atoms with Gasteiger partial charge in [0, 0.05) is 5.69 Å². The number of fused-ring (bicyclic) bond motifs is 3. The lowest BCUT2D eigenvalue weighted by Gasteiger charge is -2.09. The first kappa shape index (κ1) is 16.3. The molecule has 1 aromatic carbocycles. The molecular weight excluding hydrogens is 352 g/mol. The van der Waals surface area contributed by atoms with Gasteiger partial charge in [0.05, 0.1) is 17.3 Å². The van der Waals surface area contributed by atoms with E-state index in [0.29, 0.717) is 22.8 Å². The molecule has 4 aromatic rings. The van der Waals surface area contributed by atoms with Gasteiger partial charge in [0.1, 0.15) is 23.6 Å². The van der Waals surface area contributed by atoms with Crippen LogP contribution >= 0.6 is 11.3 Å². The molecule has 0 unspecified atom stereocenters. The Morgan fingerprint density at radius 2 is 2.00 bits per heavy atom. The van der Waals surface area contributed by atoms with Crippen LogP contribution < -0.4 is 15.6 Å². The van der Waals surface area contributed by atoms with Crippen LogP contribution in [-0.4, -0.2) is 27.2 Å². The maximum Gasteiger partial charge on any atom is 0.291 e. The van der Waals surface area contributed by atoms with Crippen molar-refractivity contribution in [2.75, 3.05) is 12.4 Å². The smallest absolute Gasteiger partial charge is 0.291 e. The molecule has 4 rings (SSSR count). The zero-order valence-corrected chi connectivity index (χ0v) is 15.0. The lowest BCUT2D eigenvalue weighted by Crippen LogP contribution is -2.31. The Morgan fingerprint density at radius 1 is 1.23 bits per heavy atom. The van der Waals surface area contributed by atoms with Crippen LogP contribution in [0.1, 0.15) is 5.82 Å². The number of aryl methyl sites for hydroxylation is 1. The number of anilines is 1. The summed E-state index contributed by atoms with van der Waals surface area (Å²) >= 11 is 1.57. The zero-order valence-electron chi connectivity index (χ0n) is 14.2. The van der Waals surface area contributed by atoms with Gasteiger partial charge in [-0.25, -0.2) is 4.68 Å². The largest absolute Gasteiger partial charge is 0.497 e. The highest BCUT2D eigenvalue weighted by Gasteiger charge is 2.14. The summed E-state index contributed by atoms with van der Waals surface area (Å²) in [5.41, 5.74) is 1.83. The van der Waals surface area contributed by atoms with Crippen LogP contribution in [-0.2, 0) is 11.3 Å². The van der Waals surface area contributed by atoms with Crippen molar-refractivity contribution in [2.45, 2.75) is 13.5 Å². The van der Waals surface area contributed by atoms with Crippen molar-refractivity contribution in [2.24, 2.45) is 0 Å². The molecular formula is C18H16N4O3S. The summed E-state index contributed by atoms with van der Waals surface area (Å²) in [6.07, 6.45) is 0. The van der Waals surface area contributed by atoms with E-state index < -0.39 is 0 Å². The summed E-state index contributed by atoms with van der Waals surface area (Å²) in [4.78, 5) is 25.0. The monoisotopic (exact) mass is 368 g/mol. The van der Waals surface area contributed by atoms with E-state index in [0.717, 1.165) is 10.2 Å². The number of carbonyl (C=O) groups is 1. The summed E-state index contributed by atoms with van der Waals surface area (Å²) < 4.78 is 9.14. The molecule has 0 spiro atoms. The van der Waals surface area contributed by atoms with E-state index >= 15 is 0 Å². The van der Waals surface area contributed by atoms with Gasteiger partial charge in [-0.05, 0) is 48.7 Å². The molecule has 0 saturated carbocycles. The van der Waals surface area contributed by atoms with Crippen LogP contribution in [0.5, 0.6) is 5.75 Å². The Morgan fingerprint density at radius 3 is 2.73 bits per heavy atom. The van der Waals surface area contributed by atoms with Crippen molar-refractivity contribution in [1.82, 2.24) is 14.2 Å². The molecule has 8 heteroatoms. The third-order valence-electron chi connectivity index (χ3n) is 4.13. The number of hydrogen-bond acceptors (Lipinski definition) is 5. The highest BCUT2D eigenvalue weighted by Crippen LogP contribution is 2.24. The fourth-order valence-electron chi connectivity index (χ4n) is 2.95.